The number of aromatic nitrogens is 1. The Morgan fingerprint density at radius 3 is 2.32 bits per heavy atom. The van der Waals surface area contributed by atoms with Gasteiger partial charge in [0.1, 0.15) is 5.82 Å². The normalized spacial score (nSPS) is 15.2. The van der Waals surface area contributed by atoms with Crippen molar-refractivity contribution in [1.82, 2.24) is 9.47 Å². The number of pyridine rings is 1. The zero-order valence-corrected chi connectivity index (χ0v) is 23.5. The topological polar surface area (TPSA) is 66.5 Å². The van der Waals surface area contributed by atoms with Crippen molar-refractivity contribution in [2.24, 2.45) is 12.8 Å². The second-order valence-electron chi connectivity index (χ2n) is 9.54. The van der Waals surface area contributed by atoms with E-state index in [1.807, 2.05) is 55.3 Å². The van der Waals surface area contributed by atoms with Gasteiger partial charge in [-0.25, -0.2) is 0 Å². The molecule has 10 heteroatoms. The summed E-state index contributed by atoms with van der Waals surface area (Å²) in [4.78, 5) is 18.0. The molecule has 208 valence electrons. The third-order valence-corrected chi connectivity index (χ3v) is 7.35. The van der Waals surface area contributed by atoms with Gasteiger partial charge in [-0.15, -0.1) is 11.8 Å². The van der Waals surface area contributed by atoms with Crippen LogP contribution in [0.25, 0.3) is 10.8 Å². The van der Waals surface area contributed by atoms with E-state index in [1.54, 1.807) is 23.4 Å². The number of halogens is 3. The van der Waals surface area contributed by atoms with E-state index in [-0.39, 0.29) is 11.6 Å². The van der Waals surface area contributed by atoms with Crippen LogP contribution in [-0.2, 0) is 7.05 Å². The molecule has 0 radical (unpaired) electrons. The molecule has 2 heterocycles. The van der Waals surface area contributed by atoms with E-state index in [1.165, 1.54) is 4.90 Å². The average molecular weight is 550 g/mol. The second kappa shape index (κ2) is 12.9. The fourth-order valence-corrected chi connectivity index (χ4v) is 5.36. The summed E-state index contributed by atoms with van der Waals surface area (Å²) in [7, 11) is 1.73. The highest BCUT2D eigenvalue weighted by Gasteiger charge is 2.32. The Morgan fingerprint density at radius 2 is 1.71 bits per heavy atom. The van der Waals surface area contributed by atoms with E-state index in [2.05, 4.69) is 24.4 Å². The number of aryl methyl sites for hydroxylation is 1. The maximum absolute atomic E-state index is 13.4. The van der Waals surface area contributed by atoms with E-state index in [4.69, 9.17) is 5.73 Å². The van der Waals surface area contributed by atoms with Gasteiger partial charge in [-0.05, 0) is 67.4 Å². The highest BCUT2D eigenvalue weighted by Crippen LogP contribution is 2.33. The number of piperazine rings is 1. The first-order valence-corrected chi connectivity index (χ1v) is 14.0. The molecule has 4 rings (SSSR count). The smallest absolute Gasteiger partial charge is 0.378 e. The van der Waals surface area contributed by atoms with E-state index in [9.17, 15) is 18.0 Å². The highest BCUT2D eigenvalue weighted by atomic mass is 32.2. The lowest BCUT2D eigenvalue weighted by Gasteiger charge is -2.37. The molecular weight excluding hydrogens is 511 g/mol. The summed E-state index contributed by atoms with van der Waals surface area (Å²) in [5.74, 6) is 0.732. The number of nitrogens with one attached hydrogen (secondary N) is 1. The minimum Gasteiger partial charge on any atom is -0.378 e. The van der Waals surface area contributed by atoms with Gasteiger partial charge in [0, 0.05) is 55.2 Å². The molecule has 1 aliphatic rings. The number of benzene rings is 2. The van der Waals surface area contributed by atoms with Crippen LogP contribution >= 0.6 is 11.8 Å². The van der Waals surface area contributed by atoms with Crippen LogP contribution in [0.2, 0.25) is 0 Å². The molecule has 0 saturated carbocycles. The van der Waals surface area contributed by atoms with Crippen molar-refractivity contribution in [2.45, 2.75) is 37.9 Å². The Balaban J connectivity index is 0.00000127. The van der Waals surface area contributed by atoms with Crippen LogP contribution < -0.4 is 21.5 Å². The molecule has 1 aliphatic heterocycles. The average Bonchev–Trinajstić information content (AvgIpc) is 2.86. The van der Waals surface area contributed by atoms with Gasteiger partial charge < -0.3 is 16.0 Å². The summed E-state index contributed by atoms with van der Waals surface area (Å²) in [5.41, 5.74) is 7.80. The summed E-state index contributed by atoms with van der Waals surface area (Å²) in [6, 6.07) is 14.1. The SMILES string of the molecule is CCN.CSc1ccccc1NC(C)c1cc(C)cc2c(=O)n(C)c(N3CCN(CC(F)(F)F)CC3)cc12. The van der Waals surface area contributed by atoms with Crippen molar-refractivity contribution >= 4 is 34.0 Å². The Labute approximate surface area is 227 Å². The predicted molar refractivity (Wildman–Crippen MR) is 154 cm³/mol. The number of rotatable bonds is 6. The maximum Gasteiger partial charge on any atom is 0.401 e. The number of alkyl halides is 3. The summed E-state index contributed by atoms with van der Waals surface area (Å²) in [6.45, 7) is 7.29. The first kappa shape index (κ1) is 29.9. The largest absolute Gasteiger partial charge is 0.401 e. The van der Waals surface area contributed by atoms with Gasteiger partial charge in [-0.2, -0.15) is 13.2 Å². The van der Waals surface area contributed by atoms with Crippen LogP contribution in [0.4, 0.5) is 24.7 Å². The third kappa shape index (κ3) is 7.24. The molecule has 0 bridgehead atoms. The van der Waals surface area contributed by atoms with Gasteiger partial charge in [-0.1, -0.05) is 25.1 Å². The van der Waals surface area contributed by atoms with Gasteiger partial charge in [0.05, 0.1) is 6.54 Å². The fraction of sp³-hybridized carbons (Fsp3) is 0.464. The molecule has 3 N–H and O–H groups in total. The van der Waals surface area contributed by atoms with Crippen molar-refractivity contribution in [1.29, 1.82) is 0 Å². The van der Waals surface area contributed by atoms with Gasteiger partial charge in [-0.3, -0.25) is 14.3 Å². The summed E-state index contributed by atoms with van der Waals surface area (Å²) < 4.78 is 40.0. The van der Waals surface area contributed by atoms with Crippen LogP contribution in [0.3, 0.4) is 0 Å². The van der Waals surface area contributed by atoms with Gasteiger partial charge in [0.25, 0.3) is 5.56 Å². The molecule has 1 atom stereocenters. The number of nitrogens with zero attached hydrogens (tertiary/aromatic N) is 3. The number of para-hydroxylation sites is 1. The number of hydrogen-bond donors (Lipinski definition) is 2. The zero-order chi connectivity index (χ0) is 28.0. The second-order valence-corrected chi connectivity index (χ2v) is 10.4. The standard InChI is InChI=1S/C26H31F3N4OS.C2H7N/c1-17-13-19(18(2)30-22-7-5-6-8-23(22)35-4)20-15-24(31(3)25(34)21(20)14-17)33-11-9-32(10-12-33)16-26(27,28)29;1-2-3/h5-8,13-15,18,30H,9-12,16H2,1-4H3;2-3H2,1H3. The summed E-state index contributed by atoms with van der Waals surface area (Å²) in [6.07, 6.45) is -2.17. The van der Waals surface area contributed by atoms with Crippen molar-refractivity contribution in [3.63, 3.8) is 0 Å². The molecular formula is C28H38F3N5OS. The predicted octanol–water partition coefficient (Wildman–Crippen LogP) is 5.39. The first-order chi connectivity index (χ1) is 18.0. The Morgan fingerprint density at radius 1 is 1.08 bits per heavy atom. The van der Waals surface area contributed by atoms with E-state index in [0.717, 1.165) is 39.5 Å². The maximum atomic E-state index is 13.4. The number of hydrogen-bond acceptors (Lipinski definition) is 6. The molecule has 0 aliphatic carbocycles. The number of anilines is 2. The van der Waals surface area contributed by atoms with Crippen molar-refractivity contribution in [2.75, 3.05) is 55.7 Å². The molecule has 0 amide bonds. The van der Waals surface area contributed by atoms with Crippen LogP contribution in [0, 0.1) is 6.92 Å². The quantitative estimate of drug-likeness (QED) is 0.402. The lowest BCUT2D eigenvalue weighted by molar-refractivity contribution is -0.146. The Hall–Kier alpha value is -2.69. The zero-order valence-electron chi connectivity index (χ0n) is 22.7. The van der Waals surface area contributed by atoms with E-state index in [0.29, 0.717) is 31.6 Å². The van der Waals surface area contributed by atoms with E-state index >= 15 is 0 Å². The number of fused-ring (bicyclic) bond motifs is 1. The molecule has 1 fully saturated rings. The molecule has 38 heavy (non-hydrogen) atoms. The molecule has 1 saturated heterocycles. The van der Waals surface area contributed by atoms with Crippen LogP contribution in [0.15, 0.2) is 52.2 Å². The third-order valence-electron chi connectivity index (χ3n) is 6.55. The Bertz CT molecular complexity index is 1290. The van der Waals surface area contributed by atoms with Crippen molar-refractivity contribution in [3.05, 3.63) is 63.9 Å². The highest BCUT2D eigenvalue weighted by molar-refractivity contribution is 7.98. The van der Waals surface area contributed by atoms with Crippen molar-refractivity contribution < 1.29 is 13.2 Å². The minimum absolute atomic E-state index is 0.0608. The summed E-state index contributed by atoms with van der Waals surface area (Å²) in [5, 5.41) is 5.12. The molecule has 2 aromatic carbocycles. The van der Waals surface area contributed by atoms with Gasteiger partial charge >= 0.3 is 6.18 Å². The molecule has 1 aromatic heterocycles. The van der Waals surface area contributed by atoms with Crippen LogP contribution in [0.5, 0.6) is 0 Å². The van der Waals surface area contributed by atoms with Gasteiger partial charge in [0.15, 0.2) is 0 Å². The molecule has 0 spiro atoms. The first-order valence-electron chi connectivity index (χ1n) is 12.8. The van der Waals surface area contributed by atoms with Crippen molar-refractivity contribution in [3.8, 4) is 0 Å². The van der Waals surface area contributed by atoms with Crippen LogP contribution in [0.1, 0.15) is 31.0 Å². The van der Waals surface area contributed by atoms with E-state index < -0.39 is 12.7 Å². The summed E-state index contributed by atoms with van der Waals surface area (Å²) >= 11 is 1.67. The molecule has 3 aromatic rings. The number of nitrogens with two attached hydrogens (primary N) is 1. The Kier molecular flexibility index (Phi) is 10.1. The number of thioether (sulfide) groups is 1. The van der Waals surface area contributed by atoms with Crippen LogP contribution in [-0.4, -0.2) is 61.2 Å². The fourth-order valence-electron chi connectivity index (χ4n) is 4.80. The molecule has 1 unspecified atom stereocenters. The monoisotopic (exact) mass is 549 g/mol. The molecule has 6 nitrogen and oxygen atoms in total. The van der Waals surface area contributed by atoms with Gasteiger partial charge in [0.2, 0.25) is 0 Å². The lowest BCUT2D eigenvalue weighted by atomic mass is 9.97. The minimum atomic E-state index is -4.21. The lowest BCUT2D eigenvalue weighted by Crippen LogP contribution is -2.50.